The molecule has 2 aromatic carbocycles. The number of nitrogens with zero attached hydrogens (tertiary/aromatic N) is 1. The molecule has 0 saturated heterocycles. The van der Waals surface area contributed by atoms with Crippen molar-refractivity contribution in [1.29, 1.82) is 0 Å². The molecule has 0 aliphatic carbocycles. The summed E-state index contributed by atoms with van der Waals surface area (Å²) in [5, 5.41) is 3.11. The number of aryl methyl sites for hydroxylation is 3. The van der Waals surface area contributed by atoms with E-state index in [1.54, 1.807) is 6.92 Å². The molecule has 0 spiro atoms. The quantitative estimate of drug-likeness (QED) is 0.744. The molecule has 27 heavy (non-hydrogen) atoms. The zero-order valence-electron chi connectivity index (χ0n) is 15.7. The number of oxazole rings is 1. The van der Waals surface area contributed by atoms with E-state index >= 15 is 0 Å². The van der Waals surface area contributed by atoms with Crippen LogP contribution in [-0.4, -0.2) is 17.5 Å². The normalized spacial score (nSPS) is 15.7. The van der Waals surface area contributed by atoms with Crippen LogP contribution in [0.3, 0.4) is 0 Å². The molecule has 3 aromatic rings. The van der Waals surface area contributed by atoms with Crippen molar-refractivity contribution in [3.05, 3.63) is 70.6 Å². The minimum Gasteiger partial charge on any atom is -0.493 e. The summed E-state index contributed by atoms with van der Waals surface area (Å²) in [5.41, 5.74) is 4.44. The van der Waals surface area contributed by atoms with Gasteiger partial charge in [-0.05, 0) is 38.5 Å². The van der Waals surface area contributed by atoms with Crippen molar-refractivity contribution in [2.24, 2.45) is 0 Å². The van der Waals surface area contributed by atoms with Gasteiger partial charge < -0.3 is 14.5 Å². The van der Waals surface area contributed by atoms with Crippen molar-refractivity contribution in [2.75, 3.05) is 6.61 Å². The fourth-order valence-electron chi connectivity index (χ4n) is 3.57. The summed E-state index contributed by atoms with van der Waals surface area (Å²) in [6, 6.07) is 13.7. The highest BCUT2D eigenvalue weighted by Gasteiger charge is 2.27. The SMILES string of the molecule is Cc1cc(C)c2c(c1)C(NC(=O)c1nc(-c3ccccc3)oc1C)CCO2. The molecule has 1 aliphatic rings. The lowest BCUT2D eigenvalue weighted by Crippen LogP contribution is -2.33. The van der Waals surface area contributed by atoms with Gasteiger partial charge in [0.05, 0.1) is 12.6 Å². The van der Waals surface area contributed by atoms with Crippen molar-refractivity contribution in [1.82, 2.24) is 10.3 Å². The second-order valence-corrected chi connectivity index (χ2v) is 6.95. The predicted octanol–water partition coefficient (Wildman–Crippen LogP) is 4.52. The highest BCUT2D eigenvalue weighted by Crippen LogP contribution is 2.36. The van der Waals surface area contributed by atoms with Gasteiger partial charge in [0.15, 0.2) is 5.69 Å². The number of hydrogen-bond donors (Lipinski definition) is 1. The number of aromatic nitrogens is 1. The van der Waals surface area contributed by atoms with Crippen LogP contribution in [0.4, 0.5) is 0 Å². The van der Waals surface area contributed by atoms with E-state index in [0.29, 0.717) is 24.0 Å². The lowest BCUT2D eigenvalue weighted by Gasteiger charge is -2.28. The largest absolute Gasteiger partial charge is 0.493 e. The molecule has 1 amide bonds. The van der Waals surface area contributed by atoms with Crippen molar-refractivity contribution in [3.63, 3.8) is 0 Å². The van der Waals surface area contributed by atoms with Crippen LogP contribution in [0, 0.1) is 20.8 Å². The Morgan fingerprint density at radius 1 is 1.15 bits per heavy atom. The number of benzene rings is 2. The molecule has 5 nitrogen and oxygen atoms in total. The summed E-state index contributed by atoms with van der Waals surface area (Å²) >= 11 is 0. The fraction of sp³-hybridized carbons (Fsp3) is 0.273. The van der Waals surface area contributed by atoms with Gasteiger partial charge in [0.1, 0.15) is 11.5 Å². The lowest BCUT2D eigenvalue weighted by atomic mass is 9.95. The first-order valence-electron chi connectivity index (χ1n) is 9.10. The molecule has 0 fully saturated rings. The van der Waals surface area contributed by atoms with Crippen molar-refractivity contribution >= 4 is 5.91 Å². The number of ether oxygens (including phenoxy) is 1. The number of carbonyl (C=O) groups is 1. The van der Waals surface area contributed by atoms with Crippen LogP contribution in [-0.2, 0) is 0 Å². The summed E-state index contributed by atoms with van der Waals surface area (Å²) in [5.74, 6) is 1.62. The Morgan fingerprint density at radius 2 is 1.93 bits per heavy atom. The van der Waals surface area contributed by atoms with E-state index in [1.165, 1.54) is 0 Å². The molecule has 1 N–H and O–H groups in total. The zero-order chi connectivity index (χ0) is 19.0. The van der Waals surface area contributed by atoms with E-state index in [4.69, 9.17) is 9.15 Å². The van der Waals surface area contributed by atoms with E-state index in [-0.39, 0.29) is 11.9 Å². The molecule has 1 unspecified atom stereocenters. The lowest BCUT2D eigenvalue weighted by molar-refractivity contribution is 0.0918. The van der Waals surface area contributed by atoms with E-state index in [2.05, 4.69) is 29.4 Å². The van der Waals surface area contributed by atoms with Crippen LogP contribution in [0.25, 0.3) is 11.5 Å². The number of hydrogen-bond acceptors (Lipinski definition) is 4. The van der Waals surface area contributed by atoms with Gasteiger partial charge in [0.25, 0.3) is 5.91 Å². The minimum absolute atomic E-state index is 0.101. The van der Waals surface area contributed by atoms with Gasteiger partial charge in [0, 0.05) is 17.5 Å². The Hall–Kier alpha value is -3.08. The highest BCUT2D eigenvalue weighted by molar-refractivity contribution is 5.94. The minimum atomic E-state index is -0.226. The molecule has 4 rings (SSSR count). The summed E-state index contributed by atoms with van der Waals surface area (Å²) < 4.78 is 11.5. The number of nitrogens with one attached hydrogen (secondary N) is 1. The maximum absolute atomic E-state index is 12.9. The smallest absolute Gasteiger partial charge is 0.274 e. The van der Waals surface area contributed by atoms with E-state index in [0.717, 1.165) is 34.4 Å². The number of carbonyl (C=O) groups excluding carboxylic acids is 1. The third-order valence-corrected chi connectivity index (χ3v) is 4.81. The van der Waals surface area contributed by atoms with Gasteiger partial charge in [-0.25, -0.2) is 4.98 Å². The second kappa shape index (κ2) is 6.91. The van der Waals surface area contributed by atoms with Crippen molar-refractivity contribution in [3.8, 4) is 17.2 Å². The fourth-order valence-corrected chi connectivity index (χ4v) is 3.57. The summed E-state index contributed by atoms with van der Waals surface area (Å²) in [6.07, 6.45) is 0.726. The number of amides is 1. The number of rotatable bonds is 3. The molecular formula is C22H22N2O3. The second-order valence-electron chi connectivity index (χ2n) is 6.95. The Balaban J connectivity index is 1.60. The van der Waals surface area contributed by atoms with Gasteiger partial charge in [-0.1, -0.05) is 35.9 Å². The molecule has 0 bridgehead atoms. The van der Waals surface area contributed by atoms with E-state index in [9.17, 15) is 4.79 Å². The van der Waals surface area contributed by atoms with Crippen LogP contribution >= 0.6 is 0 Å². The maximum Gasteiger partial charge on any atom is 0.274 e. The van der Waals surface area contributed by atoms with Gasteiger partial charge in [-0.15, -0.1) is 0 Å². The van der Waals surface area contributed by atoms with E-state index in [1.807, 2.05) is 37.3 Å². The average molecular weight is 362 g/mol. The highest BCUT2D eigenvalue weighted by atomic mass is 16.5. The van der Waals surface area contributed by atoms with Gasteiger partial charge in [-0.3, -0.25) is 4.79 Å². The summed E-state index contributed by atoms with van der Waals surface area (Å²) in [7, 11) is 0. The third-order valence-electron chi connectivity index (χ3n) is 4.81. The Morgan fingerprint density at radius 3 is 2.70 bits per heavy atom. The first kappa shape index (κ1) is 17.3. The average Bonchev–Trinajstić information content (AvgIpc) is 3.05. The molecule has 5 heteroatoms. The zero-order valence-corrected chi connectivity index (χ0v) is 15.7. The van der Waals surface area contributed by atoms with Gasteiger partial charge >= 0.3 is 0 Å². The van der Waals surface area contributed by atoms with Crippen LogP contribution < -0.4 is 10.1 Å². The molecule has 0 radical (unpaired) electrons. The van der Waals surface area contributed by atoms with Crippen LogP contribution in [0.15, 0.2) is 46.9 Å². The Bertz CT molecular complexity index is 992. The monoisotopic (exact) mass is 362 g/mol. The molecule has 1 atom stereocenters. The molecule has 1 aromatic heterocycles. The molecule has 1 aliphatic heterocycles. The van der Waals surface area contributed by atoms with Crippen molar-refractivity contribution in [2.45, 2.75) is 33.2 Å². The number of fused-ring (bicyclic) bond motifs is 1. The van der Waals surface area contributed by atoms with E-state index < -0.39 is 0 Å². The molecular weight excluding hydrogens is 340 g/mol. The topological polar surface area (TPSA) is 64.4 Å². The van der Waals surface area contributed by atoms with Crippen LogP contribution in [0.1, 0.15) is 45.4 Å². The Labute approximate surface area is 158 Å². The predicted molar refractivity (Wildman–Crippen MR) is 103 cm³/mol. The Kier molecular flexibility index (Phi) is 4.44. The first-order valence-corrected chi connectivity index (χ1v) is 9.10. The molecule has 138 valence electrons. The van der Waals surface area contributed by atoms with Crippen LogP contribution in [0.2, 0.25) is 0 Å². The van der Waals surface area contributed by atoms with Crippen molar-refractivity contribution < 1.29 is 13.9 Å². The standard InChI is InChI=1S/C22H22N2O3/c1-13-11-14(2)20-17(12-13)18(9-10-26-20)23-21(25)19-15(3)27-22(24-19)16-7-5-4-6-8-16/h4-8,11-12,18H,9-10H2,1-3H3,(H,23,25). The van der Waals surface area contributed by atoms with Gasteiger partial charge in [0.2, 0.25) is 5.89 Å². The molecule has 0 saturated carbocycles. The summed E-state index contributed by atoms with van der Waals surface area (Å²) in [4.78, 5) is 17.3. The van der Waals surface area contributed by atoms with Gasteiger partial charge in [-0.2, -0.15) is 0 Å². The van der Waals surface area contributed by atoms with Crippen LogP contribution in [0.5, 0.6) is 5.75 Å². The third kappa shape index (κ3) is 3.33. The summed E-state index contributed by atoms with van der Waals surface area (Å²) in [6.45, 7) is 6.42. The first-order chi connectivity index (χ1) is 13.0. The maximum atomic E-state index is 12.9. The molecule has 2 heterocycles.